The van der Waals surface area contributed by atoms with E-state index in [1.807, 2.05) is 52.0 Å². The van der Waals surface area contributed by atoms with E-state index in [9.17, 15) is 13.2 Å². The van der Waals surface area contributed by atoms with Gasteiger partial charge in [-0.3, -0.25) is 13.8 Å². The lowest BCUT2D eigenvalue weighted by Crippen LogP contribution is -2.38. The molecule has 0 bridgehead atoms. The van der Waals surface area contributed by atoms with Crippen LogP contribution in [0.5, 0.6) is 0 Å². The van der Waals surface area contributed by atoms with Crippen molar-refractivity contribution in [3.8, 4) is 0 Å². The molecular weight excluding hydrogens is 424 g/mol. The highest BCUT2D eigenvalue weighted by molar-refractivity contribution is 7.93. The predicted molar refractivity (Wildman–Crippen MR) is 128 cm³/mol. The van der Waals surface area contributed by atoms with Crippen molar-refractivity contribution in [2.45, 2.75) is 46.4 Å². The Balaban J connectivity index is 2.07. The number of rotatable bonds is 6. The van der Waals surface area contributed by atoms with Gasteiger partial charge >= 0.3 is 0 Å². The van der Waals surface area contributed by atoms with Crippen molar-refractivity contribution in [3.05, 3.63) is 70.0 Å². The highest BCUT2D eigenvalue weighted by Crippen LogP contribution is 2.29. The maximum absolute atomic E-state index is 13.8. The highest BCUT2D eigenvalue weighted by Gasteiger charge is 2.32. The van der Waals surface area contributed by atoms with E-state index in [2.05, 4.69) is 10.4 Å². The summed E-state index contributed by atoms with van der Waals surface area (Å²) >= 11 is 0. The summed E-state index contributed by atoms with van der Waals surface area (Å²) in [4.78, 5) is 13.2. The van der Waals surface area contributed by atoms with Crippen LogP contribution in [-0.4, -0.2) is 30.7 Å². The Morgan fingerprint density at radius 1 is 1.03 bits per heavy atom. The molecule has 1 amide bonds. The minimum absolute atomic E-state index is 0.124. The average molecular weight is 455 g/mol. The maximum Gasteiger partial charge on any atom is 0.268 e. The summed E-state index contributed by atoms with van der Waals surface area (Å²) in [6, 6.07) is 11.1. The van der Waals surface area contributed by atoms with Crippen LogP contribution < -0.4 is 9.62 Å². The second-order valence-corrected chi connectivity index (χ2v) is 10.1. The molecule has 7 nitrogen and oxygen atoms in total. The van der Waals surface area contributed by atoms with Gasteiger partial charge in [-0.05, 0) is 82.0 Å². The van der Waals surface area contributed by atoms with Crippen LogP contribution in [0.2, 0.25) is 0 Å². The highest BCUT2D eigenvalue weighted by atomic mass is 32.2. The van der Waals surface area contributed by atoms with E-state index in [1.54, 1.807) is 33.0 Å². The molecule has 1 aromatic heterocycles. The molecule has 1 N–H and O–H groups in total. The molecule has 0 aliphatic heterocycles. The van der Waals surface area contributed by atoms with Crippen LogP contribution in [0.3, 0.4) is 0 Å². The summed E-state index contributed by atoms with van der Waals surface area (Å²) in [5, 5.41) is 7.14. The molecule has 32 heavy (non-hydrogen) atoms. The summed E-state index contributed by atoms with van der Waals surface area (Å²) < 4.78 is 30.3. The van der Waals surface area contributed by atoms with Gasteiger partial charge in [-0.25, -0.2) is 8.42 Å². The number of nitrogens with one attached hydrogen (secondary N) is 1. The molecule has 8 heteroatoms. The standard InChI is InChI=1S/C24H30N4O3S/c1-15-11-16(2)13-21(12-15)28(32(30,31)24-19(5)26-27(7)20(24)6)14-23(29)25-22-10-8-9-17(3)18(22)4/h8-13H,14H2,1-7H3,(H,25,29). The van der Waals surface area contributed by atoms with Crippen LogP contribution in [-0.2, 0) is 21.9 Å². The number of amides is 1. The first-order valence-corrected chi connectivity index (χ1v) is 11.8. The van der Waals surface area contributed by atoms with Gasteiger partial charge in [-0.1, -0.05) is 18.2 Å². The summed E-state index contributed by atoms with van der Waals surface area (Å²) in [6.07, 6.45) is 0. The molecule has 2 aromatic carbocycles. The van der Waals surface area contributed by atoms with Gasteiger partial charge in [0.1, 0.15) is 11.4 Å². The summed E-state index contributed by atoms with van der Waals surface area (Å²) in [7, 11) is -2.34. The number of anilines is 2. The van der Waals surface area contributed by atoms with E-state index in [1.165, 1.54) is 8.99 Å². The largest absolute Gasteiger partial charge is 0.324 e. The quantitative estimate of drug-likeness (QED) is 0.608. The minimum Gasteiger partial charge on any atom is -0.324 e. The van der Waals surface area contributed by atoms with Crippen LogP contribution in [0, 0.1) is 41.5 Å². The molecule has 0 fully saturated rings. The van der Waals surface area contributed by atoms with Crippen molar-refractivity contribution >= 4 is 27.3 Å². The van der Waals surface area contributed by atoms with E-state index >= 15 is 0 Å². The molecule has 0 aliphatic carbocycles. The molecule has 0 radical (unpaired) electrons. The second-order valence-electron chi connectivity index (χ2n) is 8.28. The van der Waals surface area contributed by atoms with Gasteiger partial charge in [0, 0.05) is 12.7 Å². The molecule has 0 atom stereocenters. The lowest BCUT2D eigenvalue weighted by atomic mass is 10.1. The lowest BCUT2D eigenvalue weighted by Gasteiger charge is -2.25. The number of hydrogen-bond donors (Lipinski definition) is 1. The number of aromatic nitrogens is 2. The Bertz CT molecular complexity index is 1270. The molecular formula is C24H30N4O3S. The summed E-state index contributed by atoms with van der Waals surface area (Å²) in [5.41, 5.74) is 5.84. The van der Waals surface area contributed by atoms with E-state index in [-0.39, 0.29) is 11.4 Å². The van der Waals surface area contributed by atoms with E-state index in [0.717, 1.165) is 22.3 Å². The summed E-state index contributed by atoms with van der Waals surface area (Å²) in [6.45, 7) is 10.7. The Morgan fingerprint density at radius 3 is 2.22 bits per heavy atom. The number of aryl methyl sites for hydroxylation is 5. The van der Waals surface area contributed by atoms with Crippen LogP contribution in [0.25, 0.3) is 0 Å². The Kier molecular flexibility index (Phi) is 6.46. The third-order valence-corrected chi connectivity index (χ3v) is 7.68. The Labute approximate surface area is 190 Å². The van der Waals surface area contributed by atoms with Gasteiger partial charge in [0.2, 0.25) is 5.91 Å². The van der Waals surface area contributed by atoms with E-state index in [0.29, 0.717) is 22.8 Å². The zero-order valence-electron chi connectivity index (χ0n) is 19.6. The number of carbonyl (C=O) groups is 1. The van der Waals surface area contributed by atoms with Gasteiger partial charge in [-0.2, -0.15) is 5.10 Å². The number of hydrogen-bond acceptors (Lipinski definition) is 4. The van der Waals surface area contributed by atoms with Crippen molar-refractivity contribution in [2.24, 2.45) is 7.05 Å². The third kappa shape index (κ3) is 4.55. The number of sulfonamides is 1. The smallest absolute Gasteiger partial charge is 0.268 e. The monoisotopic (exact) mass is 454 g/mol. The predicted octanol–water partition coefficient (Wildman–Crippen LogP) is 4.10. The maximum atomic E-state index is 13.8. The van der Waals surface area contributed by atoms with Crippen LogP contribution in [0.15, 0.2) is 41.3 Å². The van der Waals surface area contributed by atoms with Crippen molar-refractivity contribution in [1.82, 2.24) is 9.78 Å². The van der Waals surface area contributed by atoms with Gasteiger partial charge in [0.25, 0.3) is 10.0 Å². The average Bonchev–Trinajstić information content (AvgIpc) is 2.94. The van der Waals surface area contributed by atoms with Crippen LogP contribution in [0.4, 0.5) is 11.4 Å². The van der Waals surface area contributed by atoms with Gasteiger partial charge in [-0.15, -0.1) is 0 Å². The second kappa shape index (κ2) is 8.78. The SMILES string of the molecule is Cc1cc(C)cc(N(CC(=O)Nc2cccc(C)c2C)S(=O)(=O)c2c(C)nn(C)c2C)c1. The fourth-order valence-electron chi connectivity index (χ4n) is 3.85. The molecule has 0 unspecified atom stereocenters. The first kappa shape index (κ1) is 23.5. The Hall–Kier alpha value is -3.13. The molecule has 0 aliphatic rings. The fourth-order valence-corrected chi connectivity index (χ4v) is 5.66. The van der Waals surface area contributed by atoms with Crippen molar-refractivity contribution in [3.63, 3.8) is 0 Å². The van der Waals surface area contributed by atoms with E-state index < -0.39 is 15.9 Å². The van der Waals surface area contributed by atoms with Crippen molar-refractivity contribution in [1.29, 1.82) is 0 Å². The van der Waals surface area contributed by atoms with Crippen molar-refractivity contribution < 1.29 is 13.2 Å². The molecule has 3 rings (SSSR count). The fraction of sp³-hybridized carbons (Fsp3) is 0.333. The number of carbonyl (C=O) groups excluding carboxylic acids is 1. The normalized spacial score (nSPS) is 11.5. The number of benzene rings is 2. The zero-order chi connectivity index (χ0) is 23.8. The lowest BCUT2D eigenvalue weighted by molar-refractivity contribution is -0.114. The first-order chi connectivity index (χ1) is 14.9. The zero-order valence-corrected chi connectivity index (χ0v) is 20.5. The minimum atomic E-state index is -4.04. The molecule has 0 saturated heterocycles. The van der Waals surface area contributed by atoms with Crippen LogP contribution in [0.1, 0.15) is 33.6 Å². The topological polar surface area (TPSA) is 84.3 Å². The van der Waals surface area contributed by atoms with E-state index in [4.69, 9.17) is 0 Å². The third-order valence-electron chi connectivity index (χ3n) is 5.65. The molecule has 0 saturated carbocycles. The van der Waals surface area contributed by atoms with Gasteiger partial charge in [0.05, 0.1) is 17.1 Å². The molecule has 170 valence electrons. The van der Waals surface area contributed by atoms with Gasteiger partial charge in [0.15, 0.2) is 0 Å². The van der Waals surface area contributed by atoms with Crippen molar-refractivity contribution in [2.75, 3.05) is 16.2 Å². The molecule has 0 spiro atoms. The first-order valence-electron chi connectivity index (χ1n) is 10.4. The number of nitrogens with zero attached hydrogens (tertiary/aromatic N) is 3. The summed E-state index contributed by atoms with van der Waals surface area (Å²) in [5.74, 6) is -0.416. The van der Waals surface area contributed by atoms with Gasteiger partial charge < -0.3 is 5.32 Å². The Morgan fingerprint density at radius 2 is 1.66 bits per heavy atom. The molecule has 3 aromatic rings. The molecule has 1 heterocycles. The van der Waals surface area contributed by atoms with Crippen LogP contribution >= 0.6 is 0 Å².